The van der Waals surface area contributed by atoms with Crippen molar-refractivity contribution in [1.29, 1.82) is 0 Å². The van der Waals surface area contributed by atoms with Crippen LogP contribution in [0.2, 0.25) is 0 Å². The average molecular weight is 363 g/mol. The Balaban J connectivity index is 1.42. The zero-order valence-electron chi connectivity index (χ0n) is 15.5. The Morgan fingerprint density at radius 3 is 2.62 bits per heavy atom. The highest BCUT2D eigenvalue weighted by Crippen LogP contribution is 2.49. The third-order valence-corrected chi connectivity index (χ3v) is 7.53. The van der Waals surface area contributed by atoms with Crippen molar-refractivity contribution < 1.29 is 20.1 Å². The van der Waals surface area contributed by atoms with Crippen LogP contribution in [-0.2, 0) is 4.79 Å². The van der Waals surface area contributed by atoms with Gasteiger partial charge in [0.2, 0.25) is 0 Å². The molecule has 2 saturated heterocycles. The lowest BCUT2D eigenvalue weighted by Gasteiger charge is -2.38. The molecular formula is C21H33NO4. The van der Waals surface area contributed by atoms with Crippen LogP contribution in [-0.4, -0.2) is 56.5 Å². The number of aliphatic hydroxyl groups is 2. The van der Waals surface area contributed by atoms with Gasteiger partial charge in [0, 0.05) is 18.0 Å². The van der Waals surface area contributed by atoms with Crippen LogP contribution >= 0.6 is 0 Å². The highest BCUT2D eigenvalue weighted by atomic mass is 16.4. The van der Waals surface area contributed by atoms with Gasteiger partial charge in [-0.15, -0.1) is 0 Å². The average Bonchev–Trinajstić information content (AvgIpc) is 3.29. The van der Waals surface area contributed by atoms with Crippen molar-refractivity contribution in [2.45, 2.75) is 94.5 Å². The van der Waals surface area contributed by atoms with Gasteiger partial charge in [-0.25, -0.2) is 0 Å². The molecule has 0 aromatic heterocycles. The molecule has 0 amide bonds. The van der Waals surface area contributed by atoms with E-state index in [1.807, 2.05) is 12.2 Å². The van der Waals surface area contributed by atoms with Crippen LogP contribution in [0.25, 0.3) is 0 Å². The summed E-state index contributed by atoms with van der Waals surface area (Å²) in [7, 11) is 0. The van der Waals surface area contributed by atoms with Crippen molar-refractivity contribution in [3.05, 3.63) is 12.2 Å². The van der Waals surface area contributed by atoms with E-state index in [1.54, 1.807) is 0 Å². The van der Waals surface area contributed by atoms with Gasteiger partial charge in [-0.3, -0.25) is 9.69 Å². The molecule has 7 atom stereocenters. The van der Waals surface area contributed by atoms with Gasteiger partial charge in [0.15, 0.2) is 0 Å². The van der Waals surface area contributed by atoms with E-state index in [0.717, 1.165) is 32.1 Å². The molecule has 26 heavy (non-hydrogen) atoms. The highest BCUT2D eigenvalue weighted by molar-refractivity contribution is 5.73. The molecule has 4 rings (SSSR count). The standard InChI is InChI=1S/C21H33NO4/c23-15(10-13-4-1-2-5-13)8-9-16-17-11-14-6-3-7-18(21(25)26)22(14)19(17)12-20(16)24/h8-9,13-20,23-24H,1-7,10-12H2,(H,25,26)/b9-8+/t14?,15-,16+,17+,18?,19+,20+/m0/s1. The SMILES string of the molecule is O=C(O)C1CCCC2C[C@@H]3[C@@H](/C=C/[C@H](O)CC4CCCC4)[C@H](O)C[C@H]3N21. The number of hydrogen-bond donors (Lipinski definition) is 3. The van der Waals surface area contributed by atoms with Crippen molar-refractivity contribution in [2.75, 3.05) is 0 Å². The van der Waals surface area contributed by atoms with E-state index in [-0.39, 0.29) is 18.0 Å². The van der Waals surface area contributed by atoms with Crippen molar-refractivity contribution in [3.8, 4) is 0 Å². The number of rotatable bonds is 5. The van der Waals surface area contributed by atoms with Gasteiger partial charge >= 0.3 is 5.97 Å². The summed E-state index contributed by atoms with van der Waals surface area (Å²) in [6.45, 7) is 0. The number of aliphatic hydroxyl groups excluding tert-OH is 2. The quantitative estimate of drug-likeness (QED) is 0.654. The van der Waals surface area contributed by atoms with E-state index in [0.29, 0.717) is 24.3 Å². The molecule has 0 radical (unpaired) electrons. The van der Waals surface area contributed by atoms with Crippen LogP contribution in [0.15, 0.2) is 12.2 Å². The third kappa shape index (κ3) is 3.46. The smallest absolute Gasteiger partial charge is 0.320 e. The fraction of sp³-hybridized carbons (Fsp3) is 0.857. The molecule has 0 bridgehead atoms. The van der Waals surface area contributed by atoms with Crippen molar-refractivity contribution in [3.63, 3.8) is 0 Å². The normalized spacial score (nSPS) is 42.2. The van der Waals surface area contributed by atoms with Crippen LogP contribution in [0.5, 0.6) is 0 Å². The van der Waals surface area contributed by atoms with E-state index >= 15 is 0 Å². The maximum atomic E-state index is 11.7. The summed E-state index contributed by atoms with van der Waals surface area (Å²) in [5.41, 5.74) is 0. The Morgan fingerprint density at radius 2 is 1.88 bits per heavy atom. The molecule has 2 saturated carbocycles. The van der Waals surface area contributed by atoms with Crippen molar-refractivity contribution in [1.82, 2.24) is 4.90 Å². The lowest BCUT2D eigenvalue weighted by atomic mass is 9.88. The second-order valence-electron chi connectivity index (χ2n) is 9.07. The van der Waals surface area contributed by atoms with Gasteiger partial charge in [0.25, 0.3) is 0 Å². The second-order valence-corrected chi connectivity index (χ2v) is 9.07. The lowest BCUT2D eigenvalue weighted by molar-refractivity contribution is -0.146. The van der Waals surface area contributed by atoms with E-state index in [1.165, 1.54) is 25.7 Å². The van der Waals surface area contributed by atoms with Gasteiger partial charge in [-0.2, -0.15) is 0 Å². The molecule has 3 N–H and O–H groups in total. The monoisotopic (exact) mass is 363 g/mol. The summed E-state index contributed by atoms with van der Waals surface area (Å²) < 4.78 is 0. The van der Waals surface area contributed by atoms with E-state index in [9.17, 15) is 20.1 Å². The molecular weight excluding hydrogens is 330 g/mol. The first-order chi connectivity index (χ1) is 12.5. The number of hydrogen-bond acceptors (Lipinski definition) is 4. The minimum atomic E-state index is -0.712. The van der Waals surface area contributed by atoms with Crippen molar-refractivity contribution >= 4 is 5.97 Å². The third-order valence-electron chi connectivity index (χ3n) is 7.53. The lowest BCUT2D eigenvalue weighted by Crippen LogP contribution is -2.51. The van der Waals surface area contributed by atoms with Crippen LogP contribution in [0.1, 0.15) is 64.2 Å². The van der Waals surface area contributed by atoms with Crippen molar-refractivity contribution in [2.24, 2.45) is 17.8 Å². The number of piperidine rings is 1. The Bertz CT molecular complexity index is 544. The van der Waals surface area contributed by atoms with E-state index in [2.05, 4.69) is 4.90 Å². The second kappa shape index (κ2) is 7.61. The molecule has 0 aromatic carbocycles. The number of carbonyl (C=O) groups is 1. The van der Waals surface area contributed by atoms with E-state index in [4.69, 9.17) is 0 Å². The number of carboxylic acid groups (broad SMARTS) is 1. The zero-order chi connectivity index (χ0) is 18.3. The van der Waals surface area contributed by atoms with Crippen LogP contribution in [0, 0.1) is 17.8 Å². The number of nitrogens with zero attached hydrogens (tertiary/aromatic N) is 1. The maximum Gasteiger partial charge on any atom is 0.320 e. The zero-order valence-corrected chi connectivity index (χ0v) is 15.5. The molecule has 0 spiro atoms. The maximum absolute atomic E-state index is 11.7. The topological polar surface area (TPSA) is 81.0 Å². The molecule has 4 aliphatic rings. The van der Waals surface area contributed by atoms with Crippen LogP contribution in [0.3, 0.4) is 0 Å². The molecule has 146 valence electrons. The summed E-state index contributed by atoms with van der Waals surface area (Å²) in [5.74, 6) is 0.312. The first-order valence-corrected chi connectivity index (χ1v) is 10.6. The number of fused-ring (bicyclic) bond motifs is 3. The predicted molar refractivity (Wildman–Crippen MR) is 98.6 cm³/mol. The van der Waals surface area contributed by atoms with Crippen LogP contribution < -0.4 is 0 Å². The number of carboxylic acids is 1. The van der Waals surface area contributed by atoms with Gasteiger partial charge in [0.1, 0.15) is 6.04 Å². The highest BCUT2D eigenvalue weighted by Gasteiger charge is 2.54. The molecule has 0 aromatic rings. The first kappa shape index (κ1) is 18.5. The van der Waals surface area contributed by atoms with Gasteiger partial charge < -0.3 is 15.3 Å². The van der Waals surface area contributed by atoms with Gasteiger partial charge in [-0.05, 0) is 50.4 Å². The molecule has 2 aliphatic heterocycles. The molecule has 2 unspecified atom stereocenters. The van der Waals surface area contributed by atoms with E-state index < -0.39 is 18.2 Å². The summed E-state index contributed by atoms with van der Waals surface area (Å²) in [6.07, 6.45) is 13.4. The molecule has 2 aliphatic carbocycles. The predicted octanol–water partition coefficient (Wildman–Crippen LogP) is 2.56. The largest absolute Gasteiger partial charge is 0.480 e. The minimum absolute atomic E-state index is 0.0540. The number of aliphatic carboxylic acids is 1. The van der Waals surface area contributed by atoms with Gasteiger partial charge in [0.05, 0.1) is 12.2 Å². The Labute approximate surface area is 156 Å². The summed E-state index contributed by atoms with van der Waals surface area (Å²) in [6, 6.07) is 0.149. The first-order valence-electron chi connectivity index (χ1n) is 10.6. The molecule has 5 nitrogen and oxygen atoms in total. The Hall–Kier alpha value is -0.910. The summed E-state index contributed by atoms with van der Waals surface area (Å²) >= 11 is 0. The Morgan fingerprint density at radius 1 is 1.12 bits per heavy atom. The van der Waals surface area contributed by atoms with Gasteiger partial charge in [-0.1, -0.05) is 37.8 Å². The molecule has 2 heterocycles. The minimum Gasteiger partial charge on any atom is -0.480 e. The molecule has 5 heteroatoms. The van der Waals surface area contributed by atoms with Crippen LogP contribution in [0.4, 0.5) is 0 Å². The summed E-state index contributed by atoms with van der Waals surface area (Å²) in [4.78, 5) is 13.9. The summed E-state index contributed by atoms with van der Waals surface area (Å²) in [5, 5.41) is 30.6. The fourth-order valence-electron chi connectivity index (χ4n) is 6.38. The molecule has 4 fully saturated rings. The fourth-order valence-corrected chi connectivity index (χ4v) is 6.38. The Kier molecular flexibility index (Phi) is 5.40.